The highest BCUT2D eigenvalue weighted by Crippen LogP contribution is 2.53. The van der Waals surface area contributed by atoms with E-state index in [4.69, 9.17) is 0 Å². The second kappa shape index (κ2) is 7.13. The van der Waals surface area contributed by atoms with E-state index in [9.17, 15) is 19.8 Å². The van der Waals surface area contributed by atoms with Crippen molar-refractivity contribution >= 4 is 11.9 Å². The molecule has 0 bridgehead atoms. The number of aliphatic carboxylic acids is 2. The number of nitrogens with one attached hydrogen (secondary N) is 2. The second-order valence-corrected chi connectivity index (χ2v) is 11.5. The molecule has 2 saturated heterocycles. The lowest BCUT2D eigenvalue weighted by Crippen LogP contribution is -2.57. The Bertz CT molecular complexity index is 599. The van der Waals surface area contributed by atoms with Crippen molar-refractivity contribution < 1.29 is 19.8 Å². The maximum Gasteiger partial charge on any atom is 0.332 e. The summed E-state index contributed by atoms with van der Waals surface area (Å²) in [5.41, 5.74) is -1.32. The molecule has 0 aromatic carbocycles. The van der Waals surface area contributed by atoms with Gasteiger partial charge in [-0.2, -0.15) is 0 Å². The van der Waals surface area contributed by atoms with Crippen molar-refractivity contribution in [3.8, 4) is 0 Å². The summed E-state index contributed by atoms with van der Waals surface area (Å²) in [6.45, 7) is 18.9. The van der Waals surface area contributed by atoms with E-state index in [1.54, 1.807) is 0 Å². The zero-order chi connectivity index (χ0) is 21.7. The Kier molecular flexibility index (Phi) is 5.83. The SMILES string of the molecule is CC1(C)CNCC(C)(C)C1C(C(=O)O)=C(C(=O)O)C1C(C)(C)CNCC1(C)C. The van der Waals surface area contributed by atoms with Crippen molar-refractivity contribution in [2.75, 3.05) is 26.2 Å². The maximum atomic E-state index is 12.6. The molecule has 0 aromatic heterocycles. The number of rotatable bonds is 4. The fourth-order valence-corrected chi connectivity index (χ4v) is 6.29. The van der Waals surface area contributed by atoms with Gasteiger partial charge >= 0.3 is 11.9 Å². The van der Waals surface area contributed by atoms with E-state index in [0.29, 0.717) is 26.2 Å². The van der Waals surface area contributed by atoms with Crippen LogP contribution in [0.2, 0.25) is 0 Å². The highest BCUT2D eigenvalue weighted by molar-refractivity contribution is 6.00. The van der Waals surface area contributed by atoms with E-state index in [1.807, 2.05) is 55.4 Å². The predicted molar refractivity (Wildman–Crippen MR) is 110 cm³/mol. The predicted octanol–water partition coefficient (Wildman–Crippen LogP) is 3.00. The van der Waals surface area contributed by atoms with Gasteiger partial charge in [0.25, 0.3) is 0 Å². The van der Waals surface area contributed by atoms with Gasteiger partial charge in [-0.3, -0.25) is 0 Å². The molecule has 4 N–H and O–H groups in total. The lowest BCUT2D eigenvalue weighted by molar-refractivity contribution is -0.139. The molecule has 0 aliphatic carbocycles. The third kappa shape index (κ3) is 3.99. The van der Waals surface area contributed by atoms with Crippen molar-refractivity contribution in [1.82, 2.24) is 10.6 Å². The first-order valence-corrected chi connectivity index (χ1v) is 10.2. The minimum Gasteiger partial charge on any atom is -0.478 e. The largest absolute Gasteiger partial charge is 0.478 e. The molecular formula is C22H38N2O4. The van der Waals surface area contributed by atoms with Crippen LogP contribution in [0.5, 0.6) is 0 Å². The third-order valence-electron chi connectivity index (χ3n) is 6.78. The van der Waals surface area contributed by atoms with Gasteiger partial charge in [0.15, 0.2) is 0 Å². The highest BCUT2D eigenvalue weighted by atomic mass is 16.4. The Morgan fingerprint density at radius 2 is 0.821 bits per heavy atom. The highest BCUT2D eigenvalue weighted by Gasteiger charge is 2.54. The molecule has 2 heterocycles. The number of carboxylic acids is 2. The first-order valence-electron chi connectivity index (χ1n) is 10.2. The molecule has 0 amide bonds. The van der Waals surface area contributed by atoms with Gasteiger partial charge in [-0.15, -0.1) is 0 Å². The average molecular weight is 395 g/mol. The lowest BCUT2D eigenvalue weighted by atomic mass is 9.54. The van der Waals surface area contributed by atoms with Crippen molar-refractivity contribution in [2.24, 2.45) is 33.5 Å². The van der Waals surface area contributed by atoms with Gasteiger partial charge < -0.3 is 20.8 Å². The van der Waals surface area contributed by atoms with Crippen LogP contribution in [0.15, 0.2) is 11.1 Å². The van der Waals surface area contributed by atoms with Crippen LogP contribution < -0.4 is 10.6 Å². The molecule has 6 nitrogen and oxygen atoms in total. The number of carbonyl (C=O) groups is 2. The molecule has 160 valence electrons. The topological polar surface area (TPSA) is 98.7 Å². The summed E-state index contributed by atoms with van der Waals surface area (Å²) < 4.78 is 0. The van der Waals surface area contributed by atoms with Crippen LogP contribution in [0, 0.1) is 33.5 Å². The molecule has 28 heavy (non-hydrogen) atoms. The first-order chi connectivity index (χ1) is 12.5. The quantitative estimate of drug-likeness (QED) is 0.547. The fraction of sp³-hybridized carbons (Fsp3) is 0.818. The minimum absolute atomic E-state index is 0.0945. The third-order valence-corrected chi connectivity index (χ3v) is 6.78. The summed E-state index contributed by atoms with van der Waals surface area (Å²) >= 11 is 0. The van der Waals surface area contributed by atoms with Crippen LogP contribution in [0.3, 0.4) is 0 Å². The molecule has 2 aliphatic heterocycles. The van der Waals surface area contributed by atoms with Crippen molar-refractivity contribution in [1.29, 1.82) is 0 Å². The second-order valence-electron chi connectivity index (χ2n) is 11.5. The monoisotopic (exact) mass is 394 g/mol. The summed E-state index contributed by atoms with van der Waals surface area (Å²) in [4.78, 5) is 25.3. The Hall–Kier alpha value is -1.40. The molecule has 2 rings (SSSR count). The summed E-state index contributed by atoms with van der Waals surface area (Å²) in [5, 5.41) is 27.4. The van der Waals surface area contributed by atoms with Crippen LogP contribution in [-0.4, -0.2) is 48.3 Å². The van der Waals surface area contributed by atoms with Crippen LogP contribution in [0.4, 0.5) is 0 Å². The molecule has 0 radical (unpaired) electrons. The number of hydrogen-bond acceptors (Lipinski definition) is 4. The number of carboxylic acid groups (broad SMARTS) is 2. The normalized spacial score (nSPS) is 27.7. The summed E-state index contributed by atoms with van der Waals surface area (Å²) in [7, 11) is 0. The average Bonchev–Trinajstić information content (AvgIpc) is 2.45. The van der Waals surface area contributed by atoms with Crippen molar-refractivity contribution in [3.05, 3.63) is 11.1 Å². The summed E-state index contributed by atoms with van der Waals surface area (Å²) in [5.74, 6) is -2.94. The van der Waals surface area contributed by atoms with Crippen LogP contribution in [0.1, 0.15) is 55.4 Å². The lowest BCUT2D eigenvalue weighted by Gasteiger charge is -2.53. The maximum absolute atomic E-state index is 12.6. The zero-order valence-corrected chi connectivity index (χ0v) is 18.7. The van der Waals surface area contributed by atoms with Gasteiger partial charge in [-0.1, -0.05) is 55.4 Å². The molecule has 2 fully saturated rings. The van der Waals surface area contributed by atoms with Gasteiger partial charge in [0, 0.05) is 38.0 Å². The van der Waals surface area contributed by atoms with Crippen LogP contribution in [-0.2, 0) is 9.59 Å². The zero-order valence-electron chi connectivity index (χ0n) is 18.7. The molecule has 0 aromatic rings. The van der Waals surface area contributed by atoms with E-state index < -0.39 is 11.9 Å². The summed E-state index contributed by atoms with van der Waals surface area (Å²) in [6.07, 6.45) is 0. The smallest absolute Gasteiger partial charge is 0.332 e. The summed E-state index contributed by atoms with van der Waals surface area (Å²) in [6, 6.07) is 0. The van der Waals surface area contributed by atoms with E-state index in [2.05, 4.69) is 10.6 Å². The van der Waals surface area contributed by atoms with Crippen molar-refractivity contribution in [3.63, 3.8) is 0 Å². The van der Waals surface area contributed by atoms with Crippen LogP contribution in [0.25, 0.3) is 0 Å². The molecule has 0 saturated carbocycles. The van der Waals surface area contributed by atoms with Gasteiger partial charge in [0.1, 0.15) is 0 Å². The van der Waals surface area contributed by atoms with E-state index in [-0.39, 0.29) is 44.6 Å². The molecule has 2 aliphatic rings. The number of piperidine rings is 2. The van der Waals surface area contributed by atoms with Gasteiger partial charge in [-0.25, -0.2) is 9.59 Å². The number of hydrogen-bond donors (Lipinski definition) is 4. The molecule has 6 heteroatoms. The van der Waals surface area contributed by atoms with Gasteiger partial charge in [-0.05, 0) is 21.7 Å². The van der Waals surface area contributed by atoms with Gasteiger partial charge in [0.05, 0.1) is 11.1 Å². The molecule has 0 unspecified atom stereocenters. The molecular weight excluding hydrogens is 356 g/mol. The van der Waals surface area contributed by atoms with E-state index >= 15 is 0 Å². The minimum atomic E-state index is -1.10. The first kappa shape index (κ1) is 22.9. The fourth-order valence-electron chi connectivity index (χ4n) is 6.29. The van der Waals surface area contributed by atoms with E-state index in [1.165, 1.54) is 0 Å². The van der Waals surface area contributed by atoms with Gasteiger partial charge in [0.2, 0.25) is 0 Å². The Labute approximate surface area is 169 Å². The Balaban J connectivity index is 2.85. The molecule has 0 spiro atoms. The van der Waals surface area contributed by atoms with Crippen molar-refractivity contribution in [2.45, 2.75) is 55.4 Å². The van der Waals surface area contributed by atoms with Crippen LogP contribution >= 0.6 is 0 Å². The standard InChI is InChI=1S/C22H38N2O4/c1-19(2)9-23-10-20(3,4)15(19)13(17(25)26)14(18(27)28)16-21(5,6)11-24-12-22(16,7)8/h15-16,23-24H,9-12H2,1-8H3,(H,25,26)(H,27,28). The Morgan fingerprint density at radius 1 is 0.607 bits per heavy atom. The van der Waals surface area contributed by atoms with E-state index in [0.717, 1.165) is 0 Å². The Morgan fingerprint density at radius 3 is 1.00 bits per heavy atom. The molecule has 0 atom stereocenters.